The van der Waals surface area contributed by atoms with Crippen molar-refractivity contribution in [3.63, 3.8) is 0 Å². The normalized spacial score (nSPS) is 17.5. The molecule has 1 aliphatic rings. The van der Waals surface area contributed by atoms with Gasteiger partial charge in [-0.15, -0.1) is 0 Å². The van der Waals surface area contributed by atoms with E-state index >= 15 is 0 Å². The molecular weight excluding hydrogens is 226 g/mol. The molecule has 1 aromatic rings. The van der Waals surface area contributed by atoms with Crippen LogP contribution in [-0.4, -0.2) is 31.2 Å². The Morgan fingerprint density at radius 2 is 2.06 bits per heavy atom. The molecule has 0 aromatic carbocycles. The molecule has 2 heterocycles. The topological polar surface area (TPSA) is 37.4 Å². The van der Waals surface area contributed by atoms with Gasteiger partial charge in [0, 0.05) is 19.2 Å². The van der Waals surface area contributed by atoms with E-state index < -0.39 is 0 Å². The summed E-state index contributed by atoms with van der Waals surface area (Å²) in [5.74, 6) is 0.797. The van der Waals surface area contributed by atoms with E-state index in [4.69, 9.17) is 4.74 Å². The van der Waals surface area contributed by atoms with Crippen LogP contribution >= 0.6 is 0 Å². The number of anilines is 1. The van der Waals surface area contributed by atoms with E-state index in [-0.39, 0.29) is 0 Å². The van der Waals surface area contributed by atoms with Crippen molar-refractivity contribution in [3.05, 3.63) is 30.8 Å². The van der Waals surface area contributed by atoms with Gasteiger partial charge in [0.1, 0.15) is 5.75 Å². The second kappa shape index (κ2) is 7.01. The fourth-order valence-corrected chi connectivity index (χ4v) is 2.08. The average Bonchev–Trinajstić information content (AvgIpc) is 2.36. The van der Waals surface area contributed by atoms with Crippen molar-refractivity contribution in [2.24, 2.45) is 0 Å². The molecule has 0 bridgehead atoms. The largest absolute Gasteiger partial charge is 0.464 e. The lowest BCUT2D eigenvalue weighted by Gasteiger charge is -2.27. The Balaban J connectivity index is 2.05. The lowest BCUT2D eigenvalue weighted by atomic mass is 10.2. The monoisotopic (exact) mass is 247 g/mol. The number of ether oxygens (including phenoxy) is 1. The molecular formula is C14H21N3O. The summed E-state index contributed by atoms with van der Waals surface area (Å²) in [6.45, 7) is 6.27. The summed E-state index contributed by atoms with van der Waals surface area (Å²) < 4.78 is 5.46. The van der Waals surface area contributed by atoms with Crippen LogP contribution in [-0.2, 0) is 0 Å². The van der Waals surface area contributed by atoms with E-state index in [1.54, 1.807) is 12.5 Å². The molecule has 0 saturated carbocycles. The highest BCUT2D eigenvalue weighted by Gasteiger charge is 2.09. The van der Waals surface area contributed by atoms with Gasteiger partial charge in [0.2, 0.25) is 0 Å². The van der Waals surface area contributed by atoms with Crippen molar-refractivity contribution in [2.45, 2.75) is 19.8 Å². The molecule has 18 heavy (non-hydrogen) atoms. The maximum Gasteiger partial charge on any atom is 0.146 e. The van der Waals surface area contributed by atoms with Crippen molar-refractivity contribution in [1.29, 1.82) is 0 Å². The van der Waals surface area contributed by atoms with E-state index in [9.17, 15) is 0 Å². The fraction of sp³-hybridized carbons (Fsp3) is 0.500. The number of rotatable bonds is 3. The highest BCUT2D eigenvalue weighted by Crippen LogP contribution is 2.20. The summed E-state index contributed by atoms with van der Waals surface area (Å²) in [6, 6.07) is 2.06. The van der Waals surface area contributed by atoms with Crippen LogP contribution in [0.3, 0.4) is 0 Å². The van der Waals surface area contributed by atoms with Gasteiger partial charge < -0.3 is 15.0 Å². The Morgan fingerprint density at radius 1 is 1.28 bits per heavy atom. The zero-order valence-corrected chi connectivity index (χ0v) is 10.9. The molecule has 0 atom stereocenters. The molecule has 1 aromatic heterocycles. The molecule has 4 heteroatoms. The van der Waals surface area contributed by atoms with Crippen molar-refractivity contribution in [3.8, 4) is 5.75 Å². The molecule has 0 unspecified atom stereocenters. The van der Waals surface area contributed by atoms with Crippen LogP contribution in [0.1, 0.15) is 19.8 Å². The van der Waals surface area contributed by atoms with Gasteiger partial charge in [-0.05, 0) is 32.9 Å². The van der Waals surface area contributed by atoms with Gasteiger partial charge in [0.05, 0.1) is 24.3 Å². The van der Waals surface area contributed by atoms with Crippen molar-refractivity contribution in [2.75, 3.05) is 31.1 Å². The summed E-state index contributed by atoms with van der Waals surface area (Å²) in [7, 11) is 0. The molecule has 1 aliphatic heterocycles. The van der Waals surface area contributed by atoms with Gasteiger partial charge in [0.15, 0.2) is 0 Å². The number of allylic oxidation sites excluding steroid dienone is 1. The molecule has 1 N–H and O–H groups in total. The van der Waals surface area contributed by atoms with Gasteiger partial charge in [-0.1, -0.05) is 6.08 Å². The molecule has 0 radical (unpaired) electrons. The molecule has 0 amide bonds. The Kier molecular flexibility index (Phi) is 5.02. The second-order valence-corrected chi connectivity index (χ2v) is 4.41. The van der Waals surface area contributed by atoms with E-state index in [1.165, 1.54) is 12.8 Å². The predicted octanol–water partition coefficient (Wildman–Crippen LogP) is 2.18. The number of hydrogen-bond acceptors (Lipinski definition) is 4. The van der Waals surface area contributed by atoms with Crippen LogP contribution in [0.15, 0.2) is 30.8 Å². The van der Waals surface area contributed by atoms with Crippen LogP contribution in [0, 0.1) is 0 Å². The minimum Gasteiger partial charge on any atom is -0.464 e. The number of nitrogens with one attached hydrogen (secondary N) is 1. The maximum absolute atomic E-state index is 5.46. The smallest absolute Gasteiger partial charge is 0.146 e. The fourth-order valence-electron chi connectivity index (χ4n) is 2.08. The predicted molar refractivity (Wildman–Crippen MR) is 74.0 cm³/mol. The van der Waals surface area contributed by atoms with Crippen molar-refractivity contribution in [1.82, 2.24) is 10.3 Å². The maximum atomic E-state index is 5.46. The van der Waals surface area contributed by atoms with Crippen LogP contribution in [0.5, 0.6) is 5.75 Å². The Bertz CT molecular complexity index is 384. The highest BCUT2D eigenvalue weighted by atomic mass is 16.5. The van der Waals surface area contributed by atoms with Crippen molar-refractivity contribution < 1.29 is 4.74 Å². The zero-order valence-electron chi connectivity index (χ0n) is 10.9. The van der Waals surface area contributed by atoms with E-state index in [1.807, 2.05) is 19.2 Å². The van der Waals surface area contributed by atoms with E-state index in [2.05, 4.69) is 21.3 Å². The molecule has 1 saturated heterocycles. The first kappa shape index (κ1) is 12.9. The molecule has 0 aliphatic carbocycles. The minimum atomic E-state index is 0.797. The summed E-state index contributed by atoms with van der Waals surface area (Å²) in [4.78, 5) is 6.64. The number of hydrogen-bond donors (Lipinski definition) is 1. The Hall–Kier alpha value is -1.55. The Labute approximate surface area is 109 Å². The van der Waals surface area contributed by atoms with Gasteiger partial charge in [-0.25, -0.2) is 0 Å². The lowest BCUT2D eigenvalue weighted by Crippen LogP contribution is -2.33. The van der Waals surface area contributed by atoms with Gasteiger partial charge in [0.25, 0.3) is 0 Å². The molecule has 98 valence electrons. The third-order valence-electron chi connectivity index (χ3n) is 2.97. The van der Waals surface area contributed by atoms with Crippen LogP contribution < -0.4 is 15.0 Å². The molecule has 0 spiro atoms. The summed E-state index contributed by atoms with van der Waals surface area (Å²) in [6.07, 6.45) is 9.54. The third-order valence-corrected chi connectivity index (χ3v) is 2.97. The van der Waals surface area contributed by atoms with Crippen LogP contribution in [0.2, 0.25) is 0 Å². The van der Waals surface area contributed by atoms with E-state index in [0.29, 0.717) is 0 Å². The number of nitrogens with zero attached hydrogens (tertiary/aromatic N) is 2. The SMILES string of the molecule is C/C=C/Oc1cncc(N2CCCNCCC2)c1. The first-order chi connectivity index (χ1) is 8.90. The van der Waals surface area contributed by atoms with Gasteiger partial charge >= 0.3 is 0 Å². The van der Waals surface area contributed by atoms with Crippen molar-refractivity contribution >= 4 is 5.69 Å². The zero-order chi connectivity index (χ0) is 12.6. The molecule has 4 nitrogen and oxygen atoms in total. The number of aromatic nitrogens is 1. The molecule has 2 rings (SSSR count). The Morgan fingerprint density at radius 3 is 2.78 bits per heavy atom. The summed E-state index contributed by atoms with van der Waals surface area (Å²) >= 11 is 0. The summed E-state index contributed by atoms with van der Waals surface area (Å²) in [5, 5.41) is 3.42. The standard InChI is InChI=1S/C14H21N3O/c1-2-9-18-14-10-13(11-16-12-14)17-7-3-5-15-6-4-8-17/h2,9-12,15H,3-8H2,1H3/b9-2+. The second-order valence-electron chi connectivity index (χ2n) is 4.41. The molecule has 1 fully saturated rings. The van der Waals surface area contributed by atoms with Crippen LogP contribution in [0.25, 0.3) is 0 Å². The third kappa shape index (κ3) is 3.74. The van der Waals surface area contributed by atoms with Gasteiger partial charge in [-0.2, -0.15) is 0 Å². The van der Waals surface area contributed by atoms with Crippen LogP contribution in [0.4, 0.5) is 5.69 Å². The average molecular weight is 247 g/mol. The first-order valence-corrected chi connectivity index (χ1v) is 6.58. The van der Waals surface area contributed by atoms with E-state index in [0.717, 1.165) is 37.6 Å². The first-order valence-electron chi connectivity index (χ1n) is 6.58. The quantitative estimate of drug-likeness (QED) is 0.831. The lowest BCUT2D eigenvalue weighted by molar-refractivity contribution is 0.477. The van der Waals surface area contributed by atoms with Gasteiger partial charge in [-0.3, -0.25) is 4.98 Å². The minimum absolute atomic E-state index is 0.797. The highest BCUT2D eigenvalue weighted by molar-refractivity contribution is 5.48. The summed E-state index contributed by atoms with van der Waals surface area (Å²) in [5.41, 5.74) is 1.15. The number of pyridine rings is 1.